The molecule has 0 amide bonds. The molecule has 1 aliphatic carbocycles. The zero-order valence-corrected chi connectivity index (χ0v) is 16.5. The number of benzene rings is 1. The van der Waals surface area contributed by atoms with Gasteiger partial charge in [-0.15, -0.1) is 0 Å². The Bertz CT molecular complexity index is 1040. The molecule has 3 aromatic rings. The molecule has 2 aromatic heterocycles. The first-order valence-corrected chi connectivity index (χ1v) is 9.95. The van der Waals surface area contributed by atoms with Crippen molar-refractivity contribution in [3.63, 3.8) is 0 Å². The number of hydrogen-bond donors (Lipinski definition) is 1. The maximum atomic E-state index is 13.0. The van der Waals surface area contributed by atoms with E-state index in [4.69, 9.17) is 27.9 Å². The number of aromatic amines is 1. The Morgan fingerprint density at radius 2 is 2.04 bits per heavy atom. The van der Waals surface area contributed by atoms with Crippen LogP contribution >= 0.6 is 23.2 Å². The Balaban J connectivity index is 1.80. The molecule has 0 atom stereocenters. The lowest BCUT2D eigenvalue weighted by atomic mass is 10.1. The van der Waals surface area contributed by atoms with Gasteiger partial charge < -0.3 is 9.72 Å². The van der Waals surface area contributed by atoms with Gasteiger partial charge in [-0.3, -0.25) is 9.36 Å². The topological polar surface area (TPSA) is 72.8 Å². The molecule has 142 valence electrons. The summed E-state index contributed by atoms with van der Waals surface area (Å²) in [5.41, 5.74) is 0.632. The summed E-state index contributed by atoms with van der Waals surface area (Å²) in [6.45, 7) is 2.48. The number of aromatic nitrogens is 4. The van der Waals surface area contributed by atoms with E-state index in [-0.39, 0.29) is 11.6 Å². The highest BCUT2D eigenvalue weighted by Crippen LogP contribution is 2.34. The maximum absolute atomic E-state index is 13.0. The highest BCUT2D eigenvalue weighted by atomic mass is 35.5. The lowest BCUT2D eigenvalue weighted by Gasteiger charge is -2.12. The molecule has 1 saturated carbocycles. The van der Waals surface area contributed by atoms with Crippen LogP contribution in [-0.2, 0) is 6.54 Å². The summed E-state index contributed by atoms with van der Waals surface area (Å²) < 4.78 is 7.40. The van der Waals surface area contributed by atoms with Crippen LogP contribution in [0.3, 0.4) is 0 Å². The highest BCUT2D eigenvalue weighted by Gasteiger charge is 2.23. The van der Waals surface area contributed by atoms with Crippen molar-refractivity contribution in [3.05, 3.63) is 44.4 Å². The Morgan fingerprint density at radius 1 is 1.26 bits per heavy atom. The minimum absolute atomic E-state index is 0.182. The number of ether oxygens (including phenoxy) is 1. The highest BCUT2D eigenvalue weighted by molar-refractivity contribution is 6.35. The minimum atomic E-state index is -0.182. The minimum Gasteiger partial charge on any atom is -0.424 e. The molecule has 6 nitrogen and oxygen atoms in total. The summed E-state index contributed by atoms with van der Waals surface area (Å²) in [7, 11) is 0. The number of nitrogens with zero attached hydrogens (tertiary/aromatic N) is 3. The van der Waals surface area contributed by atoms with Crippen LogP contribution in [-0.4, -0.2) is 19.5 Å². The summed E-state index contributed by atoms with van der Waals surface area (Å²) in [5.74, 6) is 1.61. The molecule has 0 radical (unpaired) electrons. The van der Waals surface area contributed by atoms with Crippen molar-refractivity contribution in [2.75, 3.05) is 0 Å². The van der Waals surface area contributed by atoms with E-state index in [9.17, 15) is 4.79 Å². The zero-order chi connectivity index (χ0) is 19.0. The van der Waals surface area contributed by atoms with Gasteiger partial charge in [0, 0.05) is 17.5 Å². The third kappa shape index (κ3) is 3.56. The number of nitrogens with one attached hydrogen (secondary N) is 1. The van der Waals surface area contributed by atoms with Gasteiger partial charge in [0.15, 0.2) is 11.2 Å². The predicted octanol–water partition coefficient (Wildman–Crippen LogP) is 5.29. The summed E-state index contributed by atoms with van der Waals surface area (Å²) in [6, 6.07) is 5.11. The standard InChI is InChI=1S/C19H20Cl2N4O2/c1-2-9-25-18(26)15-17(23-16(22-15)11-5-3-4-6-11)24-19(25)27-14-8-7-12(20)10-13(14)21/h7-8,10-11H,2-6,9H2,1H3,(H,22,23). The second-order valence-electron chi connectivity index (χ2n) is 6.83. The Hall–Kier alpha value is -2.05. The second kappa shape index (κ2) is 7.52. The number of halogens is 2. The SMILES string of the molecule is CCCn1c(Oc2ccc(Cl)cc2Cl)nc2nc(C3CCCC3)[nH]c2c1=O. The van der Waals surface area contributed by atoms with Crippen LogP contribution in [0.5, 0.6) is 11.8 Å². The molecule has 0 bridgehead atoms. The predicted molar refractivity (Wildman–Crippen MR) is 106 cm³/mol. The lowest BCUT2D eigenvalue weighted by molar-refractivity contribution is 0.398. The van der Waals surface area contributed by atoms with Gasteiger partial charge >= 0.3 is 6.01 Å². The third-order valence-electron chi connectivity index (χ3n) is 4.88. The van der Waals surface area contributed by atoms with Crippen molar-refractivity contribution < 1.29 is 4.74 Å². The average Bonchev–Trinajstić information content (AvgIpc) is 3.30. The van der Waals surface area contributed by atoms with Crippen LogP contribution in [0.15, 0.2) is 23.0 Å². The van der Waals surface area contributed by atoms with E-state index in [2.05, 4.69) is 15.0 Å². The van der Waals surface area contributed by atoms with Crippen LogP contribution < -0.4 is 10.3 Å². The first-order chi connectivity index (χ1) is 13.1. The van der Waals surface area contributed by atoms with Gasteiger partial charge in [-0.05, 0) is 37.5 Å². The van der Waals surface area contributed by atoms with Crippen molar-refractivity contribution >= 4 is 34.4 Å². The van der Waals surface area contributed by atoms with Gasteiger partial charge in [0.25, 0.3) is 5.56 Å². The van der Waals surface area contributed by atoms with Gasteiger partial charge in [-0.25, -0.2) is 4.98 Å². The first-order valence-electron chi connectivity index (χ1n) is 9.20. The number of H-pyrrole nitrogens is 1. The molecule has 1 aliphatic rings. The van der Waals surface area contributed by atoms with E-state index in [1.165, 1.54) is 17.4 Å². The van der Waals surface area contributed by atoms with E-state index in [1.54, 1.807) is 18.2 Å². The smallest absolute Gasteiger partial charge is 0.306 e. The van der Waals surface area contributed by atoms with Gasteiger partial charge in [-0.1, -0.05) is 43.0 Å². The average molecular weight is 407 g/mol. The van der Waals surface area contributed by atoms with Gasteiger partial charge in [-0.2, -0.15) is 4.98 Å². The quantitative estimate of drug-likeness (QED) is 0.624. The number of rotatable bonds is 5. The molecule has 8 heteroatoms. The van der Waals surface area contributed by atoms with Crippen molar-refractivity contribution in [3.8, 4) is 11.8 Å². The van der Waals surface area contributed by atoms with Gasteiger partial charge in [0.2, 0.25) is 0 Å². The molecule has 4 rings (SSSR count). The molecule has 1 N–H and O–H groups in total. The first kappa shape index (κ1) is 18.3. The molecule has 0 unspecified atom stereocenters. The zero-order valence-electron chi connectivity index (χ0n) is 15.0. The monoisotopic (exact) mass is 406 g/mol. The van der Waals surface area contributed by atoms with Crippen molar-refractivity contribution in [1.29, 1.82) is 0 Å². The maximum Gasteiger partial charge on any atom is 0.306 e. The van der Waals surface area contributed by atoms with E-state index in [1.807, 2.05) is 6.92 Å². The number of hydrogen-bond acceptors (Lipinski definition) is 4. The molecular formula is C19H20Cl2N4O2. The Kier molecular flexibility index (Phi) is 5.10. The van der Waals surface area contributed by atoms with E-state index < -0.39 is 0 Å². The van der Waals surface area contributed by atoms with E-state index >= 15 is 0 Å². The Morgan fingerprint density at radius 3 is 2.74 bits per heavy atom. The van der Waals surface area contributed by atoms with Gasteiger partial charge in [0.05, 0.1) is 5.02 Å². The summed E-state index contributed by atoms with van der Waals surface area (Å²) in [6.07, 6.45) is 5.33. The number of fused-ring (bicyclic) bond motifs is 1. The van der Waals surface area contributed by atoms with Crippen molar-refractivity contribution in [2.45, 2.75) is 51.5 Å². The van der Waals surface area contributed by atoms with Gasteiger partial charge in [0.1, 0.15) is 11.6 Å². The molecule has 1 aromatic carbocycles. The molecule has 1 fully saturated rings. The molecule has 0 spiro atoms. The molecule has 0 saturated heterocycles. The van der Waals surface area contributed by atoms with Crippen LogP contribution in [0.25, 0.3) is 11.2 Å². The lowest BCUT2D eigenvalue weighted by Crippen LogP contribution is -2.23. The fraction of sp³-hybridized carbons (Fsp3) is 0.421. The largest absolute Gasteiger partial charge is 0.424 e. The fourth-order valence-corrected chi connectivity index (χ4v) is 3.98. The van der Waals surface area contributed by atoms with Crippen molar-refractivity contribution in [2.24, 2.45) is 0 Å². The Labute approximate surface area is 166 Å². The normalized spacial score (nSPS) is 14.9. The van der Waals surface area contributed by atoms with Crippen LogP contribution in [0.2, 0.25) is 10.0 Å². The summed E-state index contributed by atoms with van der Waals surface area (Å²) in [4.78, 5) is 25.3. The van der Waals surface area contributed by atoms with Crippen LogP contribution in [0.1, 0.15) is 50.8 Å². The molecule has 27 heavy (non-hydrogen) atoms. The fourth-order valence-electron chi connectivity index (χ4n) is 3.53. The number of imidazole rings is 1. The van der Waals surface area contributed by atoms with E-state index in [0.29, 0.717) is 39.4 Å². The summed E-state index contributed by atoms with van der Waals surface area (Å²) in [5, 5.41) is 0.865. The second-order valence-corrected chi connectivity index (χ2v) is 7.67. The van der Waals surface area contributed by atoms with Crippen LogP contribution in [0.4, 0.5) is 0 Å². The van der Waals surface area contributed by atoms with Crippen LogP contribution in [0, 0.1) is 0 Å². The molecule has 2 heterocycles. The van der Waals surface area contributed by atoms with E-state index in [0.717, 1.165) is 25.1 Å². The molecular weight excluding hydrogens is 387 g/mol. The molecule has 0 aliphatic heterocycles. The third-order valence-corrected chi connectivity index (χ3v) is 5.41. The summed E-state index contributed by atoms with van der Waals surface area (Å²) >= 11 is 12.2. The van der Waals surface area contributed by atoms with Crippen molar-refractivity contribution in [1.82, 2.24) is 19.5 Å².